The van der Waals surface area contributed by atoms with E-state index < -0.39 is 0 Å². The molecule has 0 spiro atoms. The van der Waals surface area contributed by atoms with Crippen LogP contribution in [0.25, 0.3) is 0 Å². The minimum Gasteiger partial charge on any atom is -0.322 e. The molecule has 0 bridgehead atoms. The van der Waals surface area contributed by atoms with Gasteiger partial charge in [-0.05, 0) is 59.4 Å². The van der Waals surface area contributed by atoms with Crippen LogP contribution in [-0.2, 0) is 5.41 Å². The molecule has 3 nitrogen and oxygen atoms in total. The Kier molecular flexibility index (Phi) is 4.44. The van der Waals surface area contributed by atoms with Gasteiger partial charge in [-0.3, -0.25) is 9.78 Å². The number of nitrogens with one attached hydrogen (secondary N) is 1. The van der Waals surface area contributed by atoms with Gasteiger partial charge in [0.15, 0.2) is 0 Å². The lowest BCUT2D eigenvalue weighted by Crippen LogP contribution is -2.15. The van der Waals surface area contributed by atoms with E-state index in [1.807, 2.05) is 6.07 Å². The van der Waals surface area contributed by atoms with Gasteiger partial charge in [0.25, 0.3) is 5.91 Å². The molecule has 24 heavy (non-hydrogen) atoms. The van der Waals surface area contributed by atoms with E-state index in [4.69, 9.17) is 0 Å². The lowest BCUT2D eigenvalue weighted by Gasteiger charge is -2.19. The van der Waals surface area contributed by atoms with E-state index in [0.717, 1.165) is 18.5 Å². The van der Waals surface area contributed by atoms with E-state index in [-0.39, 0.29) is 11.3 Å². The highest BCUT2D eigenvalue weighted by molar-refractivity contribution is 6.04. The molecule has 0 fully saturated rings. The molecule has 1 atom stereocenters. The van der Waals surface area contributed by atoms with Crippen molar-refractivity contribution in [2.24, 2.45) is 5.92 Å². The van der Waals surface area contributed by atoms with Gasteiger partial charge in [-0.15, -0.1) is 0 Å². The molecule has 3 rings (SSSR count). The predicted molar refractivity (Wildman–Crippen MR) is 98.5 cm³/mol. The topological polar surface area (TPSA) is 42.0 Å². The molecule has 3 heteroatoms. The number of amides is 1. The van der Waals surface area contributed by atoms with Crippen LogP contribution < -0.4 is 5.32 Å². The van der Waals surface area contributed by atoms with Crippen molar-refractivity contribution < 1.29 is 4.79 Å². The second kappa shape index (κ2) is 6.39. The average Bonchev–Trinajstić information content (AvgIpc) is 2.79. The summed E-state index contributed by atoms with van der Waals surface area (Å²) in [5, 5.41) is 3.12. The van der Waals surface area contributed by atoms with Crippen molar-refractivity contribution in [3.05, 3.63) is 59.4 Å². The zero-order valence-corrected chi connectivity index (χ0v) is 15.0. The zero-order chi connectivity index (χ0) is 17.3. The van der Waals surface area contributed by atoms with Crippen LogP contribution in [0.4, 0.5) is 5.69 Å². The zero-order valence-electron chi connectivity index (χ0n) is 15.0. The maximum Gasteiger partial charge on any atom is 0.257 e. The molecule has 126 valence electrons. The molecular weight excluding hydrogens is 296 g/mol. The normalized spacial score (nSPS) is 18.5. The van der Waals surface area contributed by atoms with Gasteiger partial charge in [0.1, 0.15) is 0 Å². The first-order valence-electron chi connectivity index (χ1n) is 8.73. The maximum atomic E-state index is 12.6. The lowest BCUT2D eigenvalue weighted by molar-refractivity contribution is 0.102. The van der Waals surface area contributed by atoms with Crippen molar-refractivity contribution in [2.45, 2.75) is 51.9 Å². The summed E-state index contributed by atoms with van der Waals surface area (Å²) in [6.07, 6.45) is 5.57. The van der Waals surface area contributed by atoms with E-state index in [0.29, 0.717) is 17.4 Å². The molecule has 1 amide bonds. The summed E-state index contributed by atoms with van der Waals surface area (Å²) in [5.41, 5.74) is 4.40. The van der Waals surface area contributed by atoms with Crippen molar-refractivity contribution in [3.8, 4) is 0 Å². The van der Waals surface area contributed by atoms with Crippen LogP contribution in [-0.4, -0.2) is 10.9 Å². The van der Waals surface area contributed by atoms with Gasteiger partial charge in [-0.2, -0.15) is 0 Å². The van der Waals surface area contributed by atoms with Gasteiger partial charge in [-0.1, -0.05) is 39.8 Å². The molecule has 0 radical (unpaired) electrons. The monoisotopic (exact) mass is 322 g/mol. The van der Waals surface area contributed by atoms with Crippen molar-refractivity contribution in [1.82, 2.24) is 4.98 Å². The maximum absolute atomic E-state index is 12.6. The van der Waals surface area contributed by atoms with Crippen molar-refractivity contribution >= 4 is 11.6 Å². The highest BCUT2D eigenvalue weighted by atomic mass is 16.1. The van der Waals surface area contributed by atoms with Gasteiger partial charge in [0, 0.05) is 18.1 Å². The third kappa shape index (κ3) is 3.21. The fourth-order valence-corrected chi connectivity index (χ4v) is 3.99. The summed E-state index contributed by atoms with van der Waals surface area (Å²) >= 11 is 0. The van der Waals surface area contributed by atoms with E-state index in [1.165, 1.54) is 11.1 Å². The van der Waals surface area contributed by atoms with Gasteiger partial charge >= 0.3 is 0 Å². The fourth-order valence-electron chi connectivity index (χ4n) is 3.99. The predicted octanol–water partition coefficient (Wildman–Crippen LogP) is 5.14. The summed E-state index contributed by atoms with van der Waals surface area (Å²) in [7, 11) is 0. The Morgan fingerprint density at radius 2 is 2.08 bits per heavy atom. The molecule has 1 aliphatic carbocycles. The summed E-state index contributed by atoms with van der Waals surface area (Å²) in [4.78, 5) is 16.6. The van der Waals surface area contributed by atoms with Crippen LogP contribution in [0.2, 0.25) is 0 Å². The summed E-state index contributed by atoms with van der Waals surface area (Å²) in [6.45, 7) is 9.14. The first-order chi connectivity index (χ1) is 11.4. The van der Waals surface area contributed by atoms with Crippen LogP contribution in [0, 0.1) is 5.92 Å². The smallest absolute Gasteiger partial charge is 0.257 e. The van der Waals surface area contributed by atoms with E-state index in [2.05, 4.69) is 50.1 Å². The van der Waals surface area contributed by atoms with Crippen LogP contribution in [0.1, 0.15) is 67.9 Å². The molecule has 1 aromatic carbocycles. The highest BCUT2D eigenvalue weighted by Crippen LogP contribution is 2.50. The number of carbonyl (C=O) groups is 1. The number of pyridine rings is 1. The Morgan fingerprint density at radius 3 is 2.75 bits per heavy atom. The molecule has 1 heterocycles. The molecule has 1 aliphatic rings. The quantitative estimate of drug-likeness (QED) is 0.846. The van der Waals surface area contributed by atoms with Crippen LogP contribution in [0.3, 0.4) is 0 Å². The molecule has 0 saturated carbocycles. The molecule has 2 aromatic rings. The Bertz CT molecular complexity index is 735. The molecular formula is C21H26N2O. The summed E-state index contributed by atoms with van der Waals surface area (Å²) in [5.74, 6) is 1.05. The third-order valence-corrected chi connectivity index (χ3v) is 4.93. The molecule has 0 aliphatic heterocycles. The molecule has 1 unspecified atom stereocenters. The number of hydrogen-bond acceptors (Lipinski definition) is 2. The lowest BCUT2D eigenvalue weighted by atomic mass is 9.85. The largest absolute Gasteiger partial charge is 0.322 e. The van der Waals surface area contributed by atoms with Gasteiger partial charge < -0.3 is 5.32 Å². The minimum atomic E-state index is -0.0931. The number of benzene rings is 1. The fraction of sp³-hybridized carbons (Fsp3) is 0.429. The molecule has 1 N–H and O–H groups in total. The molecule has 0 saturated heterocycles. The third-order valence-electron chi connectivity index (χ3n) is 4.93. The van der Waals surface area contributed by atoms with Crippen LogP contribution in [0.15, 0.2) is 42.7 Å². The number of rotatable bonds is 4. The summed E-state index contributed by atoms with van der Waals surface area (Å²) in [6, 6.07) is 9.88. The van der Waals surface area contributed by atoms with Crippen molar-refractivity contribution in [1.29, 1.82) is 0 Å². The number of hydrogen-bond donors (Lipinski definition) is 1. The van der Waals surface area contributed by atoms with Gasteiger partial charge in [0.05, 0.1) is 5.56 Å². The van der Waals surface area contributed by atoms with Crippen molar-refractivity contribution in [3.63, 3.8) is 0 Å². The number of fused-ring (bicyclic) bond motifs is 1. The van der Waals surface area contributed by atoms with E-state index in [9.17, 15) is 4.79 Å². The standard InChI is InChI=1S/C21H26N2O/c1-14(2)11-16-12-21(3,4)17-8-5-9-18(19(16)17)23-20(24)15-7-6-10-22-13-15/h5-10,13-14,16H,11-12H2,1-4H3,(H,23,24). The Balaban J connectivity index is 1.96. The van der Waals surface area contributed by atoms with E-state index >= 15 is 0 Å². The highest BCUT2D eigenvalue weighted by Gasteiger charge is 2.38. The Labute approximate surface area is 144 Å². The van der Waals surface area contributed by atoms with Crippen molar-refractivity contribution in [2.75, 3.05) is 5.32 Å². The van der Waals surface area contributed by atoms with Crippen LogP contribution >= 0.6 is 0 Å². The number of nitrogens with zero attached hydrogens (tertiary/aromatic N) is 1. The number of anilines is 1. The summed E-state index contributed by atoms with van der Waals surface area (Å²) < 4.78 is 0. The molecule has 1 aromatic heterocycles. The number of carbonyl (C=O) groups excluding carboxylic acids is 1. The van der Waals surface area contributed by atoms with Crippen LogP contribution in [0.5, 0.6) is 0 Å². The Morgan fingerprint density at radius 1 is 1.29 bits per heavy atom. The first-order valence-corrected chi connectivity index (χ1v) is 8.73. The second-order valence-electron chi connectivity index (χ2n) is 7.88. The first kappa shape index (κ1) is 16.7. The average molecular weight is 322 g/mol. The number of aromatic nitrogens is 1. The SMILES string of the molecule is CC(C)CC1CC(C)(C)c2cccc(NC(=O)c3cccnc3)c21. The van der Waals surface area contributed by atoms with Gasteiger partial charge in [0.2, 0.25) is 0 Å². The Hall–Kier alpha value is -2.16. The minimum absolute atomic E-state index is 0.0931. The second-order valence-corrected chi connectivity index (χ2v) is 7.88. The van der Waals surface area contributed by atoms with E-state index in [1.54, 1.807) is 24.5 Å². The van der Waals surface area contributed by atoms with Gasteiger partial charge in [-0.25, -0.2) is 0 Å².